The normalized spacial score (nSPS) is 13.0. The number of ketones is 1. The van der Waals surface area contributed by atoms with Crippen LogP contribution < -0.4 is 5.32 Å². The number of aliphatic carboxylic acids is 3. The number of rotatable bonds is 14. The fourth-order valence-electron chi connectivity index (χ4n) is 2.24. The third-order valence-electron chi connectivity index (χ3n) is 3.82. The second-order valence-electron chi connectivity index (χ2n) is 6.64. The van der Waals surface area contributed by atoms with Gasteiger partial charge in [0.15, 0.2) is 0 Å². The molecule has 0 aliphatic heterocycles. The SMILES string of the molecule is CC(C)CCC(=O)CC(CCC(=O)NC(CCC(=O)O)C(=O)O)C(=O)O. The topological polar surface area (TPSA) is 158 Å². The summed E-state index contributed by atoms with van der Waals surface area (Å²) in [6.07, 6.45) is -0.271. The van der Waals surface area contributed by atoms with Gasteiger partial charge in [0.05, 0.1) is 5.92 Å². The average molecular weight is 373 g/mol. The predicted octanol–water partition coefficient (Wildman–Crippen LogP) is 1.30. The summed E-state index contributed by atoms with van der Waals surface area (Å²) < 4.78 is 0. The Morgan fingerprint density at radius 3 is 1.88 bits per heavy atom. The molecule has 0 aliphatic carbocycles. The van der Waals surface area contributed by atoms with Gasteiger partial charge in [-0.2, -0.15) is 0 Å². The molecule has 4 N–H and O–H groups in total. The molecule has 9 nitrogen and oxygen atoms in total. The standard InChI is InChI=1S/C17H27NO8/c1-10(2)3-5-12(19)9-11(16(23)24)4-7-14(20)18-13(17(25)26)6-8-15(21)22/h10-11,13H,3-9H2,1-2H3,(H,18,20)(H,21,22)(H,23,24)(H,25,26). The maximum atomic E-state index is 11.8. The minimum absolute atomic E-state index is 0.0974. The van der Waals surface area contributed by atoms with Crippen LogP contribution in [0.15, 0.2) is 0 Å². The Balaban J connectivity index is 4.51. The average Bonchev–Trinajstić information content (AvgIpc) is 2.52. The molecule has 9 heteroatoms. The smallest absolute Gasteiger partial charge is 0.326 e. The van der Waals surface area contributed by atoms with E-state index in [9.17, 15) is 29.1 Å². The lowest BCUT2D eigenvalue weighted by molar-refractivity contribution is -0.145. The number of carboxylic acids is 3. The van der Waals surface area contributed by atoms with E-state index >= 15 is 0 Å². The minimum atomic E-state index is -1.36. The monoisotopic (exact) mass is 373 g/mol. The van der Waals surface area contributed by atoms with Gasteiger partial charge in [0, 0.05) is 25.7 Å². The first kappa shape index (κ1) is 23.5. The molecular weight excluding hydrogens is 346 g/mol. The van der Waals surface area contributed by atoms with E-state index in [4.69, 9.17) is 10.2 Å². The van der Waals surface area contributed by atoms with Crippen LogP contribution in [0.2, 0.25) is 0 Å². The van der Waals surface area contributed by atoms with Crippen LogP contribution in [-0.2, 0) is 24.0 Å². The van der Waals surface area contributed by atoms with Crippen molar-refractivity contribution in [3.05, 3.63) is 0 Å². The van der Waals surface area contributed by atoms with Gasteiger partial charge in [0.2, 0.25) is 5.91 Å². The van der Waals surface area contributed by atoms with Crippen molar-refractivity contribution in [3.8, 4) is 0 Å². The molecule has 2 atom stereocenters. The number of carboxylic acid groups (broad SMARTS) is 3. The fraction of sp³-hybridized carbons (Fsp3) is 0.706. The van der Waals surface area contributed by atoms with Crippen LogP contribution >= 0.6 is 0 Å². The summed E-state index contributed by atoms with van der Waals surface area (Å²) in [4.78, 5) is 56.4. The number of nitrogens with one attached hydrogen (secondary N) is 1. The highest BCUT2D eigenvalue weighted by molar-refractivity contribution is 5.86. The Hall–Kier alpha value is -2.45. The molecule has 0 rings (SSSR count). The van der Waals surface area contributed by atoms with E-state index in [1.165, 1.54) is 0 Å². The molecule has 26 heavy (non-hydrogen) atoms. The Labute approximate surface area is 151 Å². The zero-order valence-electron chi connectivity index (χ0n) is 15.1. The zero-order chi connectivity index (χ0) is 20.3. The van der Waals surface area contributed by atoms with E-state index < -0.39 is 42.2 Å². The first-order valence-electron chi connectivity index (χ1n) is 8.51. The first-order chi connectivity index (χ1) is 12.0. The second kappa shape index (κ2) is 12.0. The van der Waals surface area contributed by atoms with Gasteiger partial charge < -0.3 is 20.6 Å². The minimum Gasteiger partial charge on any atom is -0.481 e. The van der Waals surface area contributed by atoms with E-state index in [-0.39, 0.29) is 37.9 Å². The maximum absolute atomic E-state index is 11.8. The summed E-state index contributed by atoms with van der Waals surface area (Å²) in [6, 6.07) is -1.35. The van der Waals surface area contributed by atoms with E-state index in [0.717, 1.165) is 0 Å². The van der Waals surface area contributed by atoms with Crippen molar-refractivity contribution in [2.24, 2.45) is 11.8 Å². The van der Waals surface area contributed by atoms with Crippen molar-refractivity contribution < 1.29 is 39.3 Å². The van der Waals surface area contributed by atoms with Crippen molar-refractivity contribution in [2.75, 3.05) is 0 Å². The summed E-state index contributed by atoms with van der Waals surface area (Å²) in [6.45, 7) is 3.91. The molecule has 0 spiro atoms. The molecule has 0 bridgehead atoms. The molecule has 0 aromatic rings. The lowest BCUT2D eigenvalue weighted by Gasteiger charge is -2.15. The van der Waals surface area contributed by atoms with Gasteiger partial charge in [0.25, 0.3) is 0 Å². The number of hydrogen-bond acceptors (Lipinski definition) is 5. The lowest BCUT2D eigenvalue weighted by Crippen LogP contribution is -2.41. The highest BCUT2D eigenvalue weighted by Crippen LogP contribution is 2.16. The van der Waals surface area contributed by atoms with Crippen LogP contribution in [0.3, 0.4) is 0 Å². The highest BCUT2D eigenvalue weighted by atomic mass is 16.4. The van der Waals surface area contributed by atoms with Gasteiger partial charge in [-0.25, -0.2) is 4.79 Å². The van der Waals surface area contributed by atoms with E-state index in [1.54, 1.807) is 0 Å². The number of amides is 1. The Morgan fingerprint density at radius 1 is 0.808 bits per heavy atom. The van der Waals surface area contributed by atoms with Gasteiger partial charge >= 0.3 is 17.9 Å². The molecule has 0 aliphatic rings. The summed E-state index contributed by atoms with van der Waals surface area (Å²) in [5, 5.41) is 28.9. The Morgan fingerprint density at radius 2 is 1.42 bits per heavy atom. The molecule has 0 aromatic carbocycles. The van der Waals surface area contributed by atoms with Crippen LogP contribution in [-0.4, -0.2) is 51.0 Å². The number of carbonyl (C=O) groups is 5. The molecule has 0 radical (unpaired) electrons. The van der Waals surface area contributed by atoms with Gasteiger partial charge in [-0.15, -0.1) is 0 Å². The van der Waals surface area contributed by atoms with Crippen molar-refractivity contribution >= 4 is 29.6 Å². The van der Waals surface area contributed by atoms with Crippen molar-refractivity contribution in [1.29, 1.82) is 0 Å². The Kier molecular flexibility index (Phi) is 10.9. The zero-order valence-corrected chi connectivity index (χ0v) is 15.1. The Bertz CT molecular complexity index is 529. The van der Waals surface area contributed by atoms with Crippen LogP contribution in [0.25, 0.3) is 0 Å². The predicted molar refractivity (Wildman–Crippen MR) is 90.5 cm³/mol. The van der Waals surface area contributed by atoms with Crippen LogP contribution in [0.4, 0.5) is 0 Å². The summed E-state index contributed by atoms with van der Waals surface area (Å²) >= 11 is 0. The first-order valence-corrected chi connectivity index (χ1v) is 8.51. The quantitative estimate of drug-likeness (QED) is 0.354. The van der Waals surface area contributed by atoms with E-state index in [2.05, 4.69) is 5.32 Å². The number of hydrogen-bond donors (Lipinski definition) is 4. The van der Waals surface area contributed by atoms with Gasteiger partial charge in [-0.05, 0) is 25.2 Å². The molecule has 0 fully saturated rings. The highest BCUT2D eigenvalue weighted by Gasteiger charge is 2.24. The van der Waals surface area contributed by atoms with Gasteiger partial charge in [-0.3, -0.25) is 19.2 Å². The molecule has 0 aromatic heterocycles. The molecule has 1 amide bonds. The number of carbonyl (C=O) groups excluding carboxylic acids is 2. The van der Waals surface area contributed by atoms with E-state index in [0.29, 0.717) is 12.3 Å². The molecule has 0 saturated carbocycles. The summed E-state index contributed by atoms with van der Waals surface area (Å²) in [7, 11) is 0. The fourth-order valence-corrected chi connectivity index (χ4v) is 2.24. The van der Waals surface area contributed by atoms with E-state index in [1.807, 2.05) is 13.8 Å². The molecule has 148 valence electrons. The molecule has 2 unspecified atom stereocenters. The third-order valence-corrected chi connectivity index (χ3v) is 3.82. The van der Waals surface area contributed by atoms with Gasteiger partial charge in [0.1, 0.15) is 11.8 Å². The van der Waals surface area contributed by atoms with Crippen LogP contribution in [0.5, 0.6) is 0 Å². The maximum Gasteiger partial charge on any atom is 0.326 e. The third kappa shape index (κ3) is 11.2. The van der Waals surface area contributed by atoms with Crippen molar-refractivity contribution in [3.63, 3.8) is 0 Å². The largest absolute Gasteiger partial charge is 0.481 e. The summed E-state index contributed by atoms with van der Waals surface area (Å²) in [5.41, 5.74) is 0. The second-order valence-corrected chi connectivity index (χ2v) is 6.64. The van der Waals surface area contributed by atoms with Crippen molar-refractivity contribution in [2.45, 2.75) is 64.8 Å². The number of Topliss-reactive ketones (excluding diaryl/α,β-unsaturated/α-hetero) is 1. The molecular formula is C17H27NO8. The lowest BCUT2D eigenvalue weighted by atomic mass is 9.94. The molecule has 0 saturated heterocycles. The van der Waals surface area contributed by atoms with Crippen LogP contribution in [0, 0.1) is 11.8 Å². The van der Waals surface area contributed by atoms with Crippen molar-refractivity contribution in [1.82, 2.24) is 5.32 Å². The van der Waals surface area contributed by atoms with Crippen LogP contribution in [0.1, 0.15) is 58.8 Å². The molecule has 0 heterocycles. The van der Waals surface area contributed by atoms with Gasteiger partial charge in [-0.1, -0.05) is 13.8 Å². The summed E-state index contributed by atoms with van der Waals surface area (Å²) in [5.74, 6) is -5.29.